The number of nitrogens with zero attached hydrogens (tertiary/aromatic N) is 1. The van der Waals surface area contributed by atoms with Crippen molar-refractivity contribution in [3.8, 4) is 6.07 Å². The first kappa shape index (κ1) is 14.5. The molecular weight excluding hydrogens is 228 g/mol. The molecule has 0 heterocycles. The van der Waals surface area contributed by atoms with E-state index >= 15 is 0 Å². The summed E-state index contributed by atoms with van der Waals surface area (Å²) in [5.74, 6) is -0.193. The van der Waals surface area contributed by atoms with E-state index in [1.807, 2.05) is 19.1 Å². The number of carbonyl (C=O) groups is 1. The number of allylic oxidation sites excluding steroid dienone is 3. The molecule has 4 heteroatoms. The number of ether oxygens (including phenoxy) is 1. The molecule has 0 saturated carbocycles. The monoisotopic (exact) mass is 248 g/mol. The lowest BCUT2D eigenvalue weighted by atomic mass is 9.83. The van der Waals surface area contributed by atoms with E-state index in [0.717, 1.165) is 17.6 Å². The summed E-state index contributed by atoms with van der Waals surface area (Å²) in [6.45, 7) is 5.78. The highest BCUT2D eigenvalue weighted by Gasteiger charge is 2.31. The zero-order valence-electron chi connectivity index (χ0n) is 11.2. The first-order chi connectivity index (χ1) is 8.40. The molecule has 0 bridgehead atoms. The second-order valence-electron chi connectivity index (χ2n) is 4.98. The smallest absolute Gasteiger partial charge is 0.326 e. The van der Waals surface area contributed by atoms with Crippen LogP contribution in [0.4, 0.5) is 0 Å². The third-order valence-corrected chi connectivity index (χ3v) is 3.06. The van der Waals surface area contributed by atoms with Gasteiger partial charge in [-0.15, -0.1) is 0 Å². The molecular formula is C14H20N2O2. The number of nitriles is 1. The molecule has 0 spiro atoms. The summed E-state index contributed by atoms with van der Waals surface area (Å²) in [4.78, 5) is 11.7. The minimum atomic E-state index is -1.00. The maximum Gasteiger partial charge on any atom is 0.326 e. The molecule has 0 aromatic heterocycles. The van der Waals surface area contributed by atoms with E-state index in [2.05, 4.69) is 6.07 Å². The van der Waals surface area contributed by atoms with Gasteiger partial charge in [-0.1, -0.05) is 18.6 Å². The van der Waals surface area contributed by atoms with Gasteiger partial charge in [-0.3, -0.25) is 4.79 Å². The van der Waals surface area contributed by atoms with Gasteiger partial charge in [0.25, 0.3) is 0 Å². The van der Waals surface area contributed by atoms with Crippen molar-refractivity contribution in [2.24, 2.45) is 11.7 Å². The average Bonchev–Trinajstić information content (AvgIpc) is 2.29. The lowest BCUT2D eigenvalue weighted by Crippen LogP contribution is -2.46. The molecule has 2 N–H and O–H groups in total. The van der Waals surface area contributed by atoms with E-state index in [9.17, 15) is 4.79 Å². The maximum absolute atomic E-state index is 11.7. The highest BCUT2D eigenvalue weighted by Crippen LogP contribution is 2.29. The Morgan fingerprint density at radius 2 is 2.33 bits per heavy atom. The molecule has 98 valence electrons. The van der Waals surface area contributed by atoms with E-state index < -0.39 is 5.54 Å². The standard InChI is InChI=1S/C14H20N2O2/c1-4-18-13(17)14(3,16)8-11-5-6-12(9-15)10(2)7-11/h5-6,10H,4,7-8,16H2,1-3H3/t10-,14?/m0/s1. The van der Waals surface area contributed by atoms with E-state index in [0.29, 0.717) is 13.0 Å². The van der Waals surface area contributed by atoms with E-state index in [1.165, 1.54) is 0 Å². The molecule has 0 aromatic carbocycles. The van der Waals surface area contributed by atoms with Gasteiger partial charge in [0.05, 0.1) is 12.7 Å². The second kappa shape index (κ2) is 5.83. The van der Waals surface area contributed by atoms with Crippen LogP contribution in [0.1, 0.15) is 33.6 Å². The number of esters is 1. The molecule has 4 nitrogen and oxygen atoms in total. The van der Waals surface area contributed by atoms with Crippen molar-refractivity contribution in [2.45, 2.75) is 39.2 Å². The van der Waals surface area contributed by atoms with E-state index in [1.54, 1.807) is 13.8 Å². The van der Waals surface area contributed by atoms with Gasteiger partial charge >= 0.3 is 5.97 Å². The fourth-order valence-corrected chi connectivity index (χ4v) is 2.06. The van der Waals surface area contributed by atoms with Crippen molar-refractivity contribution in [3.63, 3.8) is 0 Å². The summed E-state index contributed by atoms with van der Waals surface area (Å²) >= 11 is 0. The van der Waals surface area contributed by atoms with Gasteiger partial charge in [-0.05, 0) is 38.7 Å². The van der Waals surface area contributed by atoms with Crippen LogP contribution in [0.25, 0.3) is 0 Å². The van der Waals surface area contributed by atoms with Crippen molar-refractivity contribution in [1.82, 2.24) is 0 Å². The molecule has 1 aliphatic rings. The van der Waals surface area contributed by atoms with E-state index in [4.69, 9.17) is 15.7 Å². The van der Waals surface area contributed by atoms with Crippen molar-refractivity contribution in [3.05, 3.63) is 23.3 Å². The number of hydrogen-bond donors (Lipinski definition) is 1. The van der Waals surface area contributed by atoms with Gasteiger partial charge in [0.15, 0.2) is 0 Å². The van der Waals surface area contributed by atoms with Gasteiger partial charge in [0.2, 0.25) is 0 Å². The number of carbonyl (C=O) groups excluding carboxylic acids is 1. The molecule has 0 aromatic rings. The van der Waals surface area contributed by atoms with Crippen molar-refractivity contribution < 1.29 is 9.53 Å². The Labute approximate surface area is 108 Å². The third kappa shape index (κ3) is 3.44. The molecule has 18 heavy (non-hydrogen) atoms. The van der Waals surface area contributed by atoms with Crippen LogP contribution in [-0.4, -0.2) is 18.1 Å². The number of hydrogen-bond acceptors (Lipinski definition) is 4. The van der Waals surface area contributed by atoms with Gasteiger partial charge in [0.1, 0.15) is 5.54 Å². The lowest BCUT2D eigenvalue weighted by molar-refractivity contribution is -0.148. The van der Waals surface area contributed by atoms with E-state index in [-0.39, 0.29) is 11.9 Å². The second-order valence-corrected chi connectivity index (χ2v) is 4.98. The first-order valence-electron chi connectivity index (χ1n) is 6.16. The highest BCUT2D eigenvalue weighted by atomic mass is 16.5. The Morgan fingerprint density at radius 1 is 1.67 bits per heavy atom. The molecule has 0 aliphatic heterocycles. The summed E-state index contributed by atoms with van der Waals surface area (Å²) in [5, 5.41) is 8.89. The SMILES string of the molecule is CCOC(=O)C(C)(N)CC1=CC=C(C#N)[C@@H](C)C1. The highest BCUT2D eigenvalue weighted by molar-refractivity contribution is 5.80. The van der Waals surface area contributed by atoms with Crippen LogP contribution in [0.3, 0.4) is 0 Å². The summed E-state index contributed by atoms with van der Waals surface area (Å²) in [7, 11) is 0. The minimum absolute atomic E-state index is 0.188. The molecule has 0 amide bonds. The fourth-order valence-electron chi connectivity index (χ4n) is 2.06. The molecule has 1 unspecified atom stereocenters. The molecule has 2 atom stereocenters. The minimum Gasteiger partial charge on any atom is -0.465 e. The first-order valence-corrected chi connectivity index (χ1v) is 6.16. The molecule has 1 aliphatic carbocycles. The zero-order valence-corrected chi connectivity index (χ0v) is 11.2. The van der Waals surface area contributed by atoms with Crippen LogP contribution in [0.5, 0.6) is 0 Å². The summed E-state index contributed by atoms with van der Waals surface area (Å²) in [5.41, 5.74) is 6.84. The average molecular weight is 248 g/mol. The van der Waals surface area contributed by atoms with Crippen molar-refractivity contribution >= 4 is 5.97 Å². The predicted octanol–water partition coefficient (Wildman–Crippen LogP) is 2.07. The fraction of sp³-hybridized carbons (Fsp3) is 0.571. The van der Waals surface area contributed by atoms with Crippen molar-refractivity contribution in [1.29, 1.82) is 5.26 Å². The number of nitrogens with two attached hydrogens (primary N) is 1. The summed E-state index contributed by atoms with van der Waals surface area (Å²) < 4.78 is 4.96. The van der Waals surface area contributed by atoms with Crippen LogP contribution < -0.4 is 5.73 Å². The Morgan fingerprint density at radius 3 is 2.83 bits per heavy atom. The summed E-state index contributed by atoms with van der Waals surface area (Å²) in [6.07, 6.45) is 4.94. The van der Waals surface area contributed by atoms with Crippen LogP contribution in [0.15, 0.2) is 23.3 Å². The third-order valence-electron chi connectivity index (χ3n) is 3.06. The Hall–Kier alpha value is -1.60. The van der Waals surface area contributed by atoms with Gasteiger partial charge in [-0.2, -0.15) is 5.26 Å². The molecule has 0 saturated heterocycles. The largest absolute Gasteiger partial charge is 0.465 e. The van der Waals surface area contributed by atoms with Crippen LogP contribution in [-0.2, 0) is 9.53 Å². The molecule has 1 rings (SSSR count). The molecule has 0 radical (unpaired) electrons. The normalized spacial score (nSPS) is 22.3. The van der Waals surface area contributed by atoms with Crippen LogP contribution in [0.2, 0.25) is 0 Å². The van der Waals surface area contributed by atoms with Gasteiger partial charge in [-0.25, -0.2) is 0 Å². The summed E-state index contributed by atoms with van der Waals surface area (Å²) in [6, 6.07) is 2.17. The van der Waals surface area contributed by atoms with Crippen LogP contribution >= 0.6 is 0 Å². The van der Waals surface area contributed by atoms with Gasteiger partial charge < -0.3 is 10.5 Å². The van der Waals surface area contributed by atoms with Crippen molar-refractivity contribution in [2.75, 3.05) is 6.61 Å². The quantitative estimate of drug-likeness (QED) is 0.773. The lowest BCUT2D eigenvalue weighted by Gasteiger charge is -2.26. The van der Waals surface area contributed by atoms with Crippen LogP contribution in [0, 0.1) is 17.2 Å². The number of rotatable bonds is 4. The molecule has 0 fully saturated rings. The maximum atomic E-state index is 11.7. The van der Waals surface area contributed by atoms with Gasteiger partial charge in [0, 0.05) is 5.57 Å². The Balaban J connectivity index is 2.75. The Bertz CT molecular complexity index is 428. The Kier molecular flexibility index (Phi) is 4.69. The predicted molar refractivity (Wildman–Crippen MR) is 69.4 cm³/mol. The zero-order chi connectivity index (χ0) is 13.8. The topological polar surface area (TPSA) is 76.1 Å².